The molecule has 0 bridgehead atoms. The lowest BCUT2D eigenvalue weighted by atomic mass is 10.0. The number of carbonyl (C=O) groups is 1. The fraction of sp³-hybridized carbons (Fsp3) is 0.429. The number of fused-ring (bicyclic) bond motifs is 1. The molecule has 3 heterocycles. The van der Waals surface area contributed by atoms with Gasteiger partial charge < -0.3 is 14.9 Å². The Balaban J connectivity index is 1.55. The predicted octanol–water partition coefficient (Wildman–Crippen LogP) is 2.77. The molecule has 8 nitrogen and oxygen atoms in total. The van der Waals surface area contributed by atoms with E-state index < -0.39 is 6.09 Å². The highest BCUT2D eigenvalue weighted by Gasteiger charge is 2.33. The van der Waals surface area contributed by atoms with Crippen molar-refractivity contribution >= 4 is 23.5 Å². The normalized spacial score (nSPS) is 19.3. The Morgan fingerprint density at radius 2 is 2.03 bits per heavy atom. The number of nitrogens with zero attached hydrogens (tertiary/aromatic N) is 6. The summed E-state index contributed by atoms with van der Waals surface area (Å²) in [6.07, 6.45) is -0.0417. The van der Waals surface area contributed by atoms with Crippen molar-refractivity contribution in [2.24, 2.45) is 0 Å². The number of piperazine rings is 1. The van der Waals surface area contributed by atoms with Crippen LogP contribution in [0.2, 0.25) is 5.28 Å². The molecule has 0 aliphatic carbocycles. The van der Waals surface area contributed by atoms with Crippen LogP contribution >= 0.6 is 11.6 Å². The Hall–Kier alpha value is -2.89. The van der Waals surface area contributed by atoms with E-state index in [1.807, 2.05) is 18.2 Å². The maximum absolute atomic E-state index is 11.5. The van der Waals surface area contributed by atoms with E-state index in [0.29, 0.717) is 26.2 Å². The van der Waals surface area contributed by atoms with Crippen LogP contribution in [0, 0.1) is 11.3 Å². The van der Waals surface area contributed by atoms with Crippen LogP contribution in [0.5, 0.6) is 0 Å². The second-order valence-electron chi connectivity index (χ2n) is 7.63. The van der Waals surface area contributed by atoms with Gasteiger partial charge in [-0.15, -0.1) is 0 Å². The standard InChI is InChI=1S/C21H23ClN6O2/c22-20-24-18-14-26(12-15-4-2-1-3-5-15)9-7-17(18)19(25-20)27-10-11-28(21(29)30)16(13-27)6-8-23/h1-5,16H,6-7,9-14H2,(H,29,30). The van der Waals surface area contributed by atoms with E-state index in [-0.39, 0.29) is 17.7 Å². The highest BCUT2D eigenvalue weighted by atomic mass is 35.5. The number of benzene rings is 1. The molecule has 9 heteroatoms. The summed E-state index contributed by atoms with van der Waals surface area (Å²) in [4.78, 5) is 26.2. The number of hydrogen-bond acceptors (Lipinski definition) is 6. The van der Waals surface area contributed by atoms with Gasteiger partial charge in [0.05, 0.1) is 24.2 Å². The quantitative estimate of drug-likeness (QED) is 0.750. The van der Waals surface area contributed by atoms with E-state index in [9.17, 15) is 9.90 Å². The molecule has 1 atom stereocenters. The van der Waals surface area contributed by atoms with Gasteiger partial charge in [0.1, 0.15) is 5.82 Å². The number of rotatable bonds is 4. The minimum atomic E-state index is -0.991. The average molecular weight is 427 g/mol. The zero-order chi connectivity index (χ0) is 21.1. The van der Waals surface area contributed by atoms with E-state index in [2.05, 4.69) is 38.0 Å². The van der Waals surface area contributed by atoms with Crippen LogP contribution in [0.1, 0.15) is 23.2 Å². The average Bonchev–Trinajstić information content (AvgIpc) is 2.73. The molecule has 0 saturated carbocycles. The number of nitriles is 1. The number of anilines is 1. The highest BCUT2D eigenvalue weighted by Crippen LogP contribution is 2.30. The van der Waals surface area contributed by atoms with Crippen LogP contribution in [-0.2, 0) is 19.5 Å². The van der Waals surface area contributed by atoms with Crippen LogP contribution in [0.15, 0.2) is 30.3 Å². The Kier molecular flexibility index (Phi) is 6.02. The first kappa shape index (κ1) is 20.4. The molecule has 1 unspecified atom stereocenters. The van der Waals surface area contributed by atoms with Gasteiger partial charge in [0.25, 0.3) is 0 Å². The second-order valence-corrected chi connectivity index (χ2v) is 7.96. The summed E-state index contributed by atoms with van der Waals surface area (Å²) in [5.41, 5.74) is 3.25. The van der Waals surface area contributed by atoms with Crippen LogP contribution in [0.3, 0.4) is 0 Å². The molecule has 1 aromatic carbocycles. The van der Waals surface area contributed by atoms with Gasteiger partial charge in [-0.3, -0.25) is 4.90 Å². The summed E-state index contributed by atoms with van der Waals surface area (Å²) in [5.74, 6) is 0.775. The molecule has 1 amide bonds. The number of hydrogen-bond donors (Lipinski definition) is 1. The van der Waals surface area contributed by atoms with Crippen molar-refractivity contribution in [2.45, 2.75) is 32.0 Å². The molecule has 2 aliphatic rings. The van der Waals surface area contributed by atoms with Crippen molar-refractivity contribution in [2.75, 3.05) is 31.1 Å². The van der Waals surface area contributed by atoms with Crippen molar-refractivity contribution in [3.63, 3.8) is 0 Å². The van der Waals surface area contributed by atoms with Crippen LogP contribution < -0.4 is 4.90 Å². The van der Waals surface area contributed by atoms with Crippen molar-refractivity contribution < 1.29 is 9.90 Å². The van der Waals surface area contributed by atoms with Gasteiger partial charge in [-0.1, -0.05) is 30.3 Å². The van der Waals surface area contributed by atoms with E-state index >= 15 is 0 Å². The van der Waals surface area contributed by atoms with E-state index in [1.165, 1.54) is 10.5 Å². The monoisotopic (exact) mass is 426 g/mol. The lowest BCUT2D eigenvalue weighted by Gasteiger charge is -2.41. The van der Waals surface area contributed by atoms with E-state index in [1.54, 1.807) is 0 Å². The SMILES string of the molecule is N#CCC1CN(c2nc(Cl)nc3c2CCN(Cc2ccccc2)C3)CCN1C(=O)O. The van der Waals surface area contributed by atoms with Gasteiger partial charge in [0.2, 0.25) is 5.28 Å². The molecular formula is C21H23ClN6O2. The van der Waals surface area contributed by atoms with E-state index in [4.69, 9.17) is 16.9 Å². The summed E-state index contributed by atoms with van der Waals surface area (Å²) in [6.45, 7) is 3.69. The first-order chi connectivity index (χ1) is 14.5. The lowest BCUT2D eigenvalue weighted by Crippen LogP contribution is -2.55. The Bertz CT molecular complexity index is 964. The molecule has 1 saturated heterocycles. The molecule has 1 fully saturated rings. The predicted molar refractivity (Wildman–Crippen MR) is 112 cm³/mol. The Labute approximate surface area is 180 Å². The third-order valence-electron chi connectivity index (χ3n) is 5.70. The van der Waals surface area contributed by atoms with Gasteiger partial charge in [0.15, 0.2) is 0 Å². The van der Waals surface area contributed by atoms with Gasteiger partial charge in [-0.25, -0.2) is 14.8 Å². The molecule has 0 spiro atoms. The fourth-order valence-electron chi connectivity index (χ4n) is 4.25. The molecule has 4 rings (SSSR count). The minimum absolute atomic E-state index is 0.147. The van der Waals surface area contributed by atoms with Gasteiger partial charge >= 0.3 is 6.09 Å². The van der Waals surface area contributed by atoms with Crippen molar-refractivity contribution in [1.82, 2.24) is 19.8 Å². The zero-order valence-electron chi connectivity index (χ0n) is 16.5. The van der Waals surface area contributed by atoms with Crippen molar-refractivity contribution in [3.05, 3.63) is 52.4 Å². The molecule has 2 aliphatic heterocycles. The molecule has 30 heavy (non-hydrogen) atoms. The number of carboxylic acid groups (broad SMARTS) is 1. The summed E-state index contributed by atoms with van der Waals surface area (Å²) in [6, 6.07) is 12.0. The summed E-state index contributed by atoms with van der Waals surface area (Å²) in [5, 5.41) is 18.7. The summed E-state index contributed by atoms with van der Waals surface area (Å²) in [7, 11) is 0. The molecule has 1 aromatic heterocycles. The first-order valence-electron chi connectivity index (χ1n) is 9.98. The van der Waals surface area contributed by atoms with Gasteiger partial charge in [-0.05, 0) is 23.6 Å². The van der Waals surface area contributed by atoms with Crippen molar-refractivity contribution in [3.8, 4) is 6.07 Å². The summed E-state index contributed by atoms with van der Waals surface area (Å²) >= 11 is 6.26. The summed E-state index contributed by atoms with van der Waals surface area (Å²) < 4.78 is 0. The molecule has 156 valence electrons. The Morgan fingerprint density at radius 1 is 1.23 bits per heavy atom. The van der Waals surface area contributed by atoms with Crippen molar-refractivity contribution in [1.29, 1.82) is 5.26 Å². The number of halogens is 1. The third-order valence-corrected chi connectivity index (χ3v) is 5.87. The van der Waals surface area contributed by atoms with Crippen LogP contribution in [-0.4, -0.2) is 63.2 Å². The number of amides is 1. The molecule has 2 aromatic rings. The third kappa shape index (κ3) is 4.32. The minimum Gasteiger partial charge on any atom is -0.465 e. The first-order valence-corrected chi connectivity index (χ1v) is 10.4. The molecule has 0 radical (unpaired) electrons. The lowest BCUT2D eigenvalue weighted by molar-refractivity contribution is 0.119. The fourth-order valence-corrected chi connectivity index (χ4v) is 4.44. The molecule has 1 N–H and O–H groups in total. The second kappa shape index (κ2) is 8.86. The highest BCUT2D eigenvalue weighted by molar-refractivity contribution is 6.28. The van der Waals surface area contributed by atoms with Gasteiger partial charge in [0, 0.05) is 44.8 Å². The van der Waals surface area contributed by atoms with E-state index in [0.717, 1.165) is 36.6 Å². The van der Waals surface area contributed by atoms with Gasteiger partial charge in [-0.2, -0.15) is 5.26 Å². The maximum Gasteiger partial charge on any atom is 0.407 e. The zero-order valence-corrected chi connectivity index (χ0v) is 17.3. The number of aromatic nitrogens is 2. The smallest absolute Gasteiger partial charge is 0.407 e. The Morgan fingerprint density at radius 3 is 2.77 bits per heavy atom. The molecular weight excluding hydrogens is 404 g/mol. The topological polar surface area (TPSA) is 96.6 Å². The maximum atomic E-state index is 11.5. The van der Waals surface area contributed by atoms with Crippen LogP contribution in [0.4, 0.5) is 10.6 Å². The van der Waals surface area contributed by atoms with Crippen LogP contribution in [0.25, 0.3) is 0 Å². The largest absolute Gasteiger partial charge is 0.465 e.